The van der Waals surface area contributed by atoms with Crippen LogP contribution >= 0.6 is 0 Å². The molecular weight excluding hydrogens is 492 g/mol. The van der Waals surface area contributed by atoms with Gasteiger partial charge in [0.05, 0.1) is 0 Å². The van der Waals surface area contributed by atoms with E-state index in [2.05, 4.69) is 13.8 Å². The van der Waals surface area contributed by atoms with Gasteiger partial charge in [-0.2, -0.15) is 0 Å². The molecule has 5 saturated carbocycles. The first-order chi connectivity index (χ1) is 20.2. The van der Waals surface area contributed by atoms with Crippen LogP contribution in [0.3, 0.4) is 0 Å². The molecule has 6 unspecified atom stereocenters. The Morgan fingerprint density at radius 3 is 1.29 bits per heavy atom. The maximum absolute atomic E-state index is 2.76. The van der Waals surface area contributed by atoms with Gasteiger partial charge in [-0.3, -0.25) is 0 Å². The molecule has 5 aliphatic carbocycles. The van der Waals surface area contributed by atoms with Crippen molar-refractivity contribution in [1.29, 1.82) is 0 Å². The first-order valence-corrected chi connectivity index (χ1v) is 20.2. The van der Waals surface area contributed by atoms with Crippen molar-refractivity contribution < 1.29 is 0 Å². The predicted molar refractivity (Wildman–Crippen MR) is 180 cm³/mol. The van der Waals surface area contributed by atoms with Gasteiger partial charge in [0.15, 0.2) is 0 Å². The number of hydrogen-bond donors (Lipinski definition) is 0. The summed E-state index contributed by atoms with van der Waals surface area (Å²) in [6.07, 6.45) is 44.9. The molecule has 0 aromatic heterocycles. The van der Waals surface area contributed by atoms with Gasteiger partial charge >= 0.3 is 0 Å². The summed E-state index contributed by atoms with van der Waals surface area (Å²) in [5, 5.41) is 0. The highest BCUT2D eigenvalue weighted by Crippen LogP contribution is 2.57. The Balaban J connectivity index is 1.27. The second kappa shape index (κ2) is 17.5. The fourth-order valence-electron chi connectivity index (χ4n) is 12.0. The Morgan fingerprint density at radius 1 is 0.341 bits per heavy atom. The average Bonchev–Trinajstić information content (AvgIpc) is 3.14. The van der Waals surface area contributed by atoms with Crippen LogP contribution in [0, 0.1) is 59.2 Å². The van der Waals surface area contributed by atoms with Gasteiger partial charge in [0.2, 0.25) is 0 Å². The van der Waals surface area contributed by atoms with Gasteiger partial charge < -0.3 is 0 Å². The van der Waals surface area contributed by atoms with E-state index in [1.165, 1.54) is 109 Å². The average molecular weight is 567 g/mol. The molecule has 0 bridgehead atoms. The topological polar surface area (TPSA) is 0 Å². The quantitative estimate of drug-likeness (QED) is 0.317. The first-order valence-electron chi connectivity index (χ1n) is 20.2. The largest absolute Gasteiger partial charge is 0.0620 e. The maximum atomic E-state index is 2.76. The van der Waals surface area contributed by atoms with E-state index in [0.29, 0.717) is 0 Å². The van der Waals surface area contributed by atoms with E-state index in [0.717, 1.165) is 59.2 Å². The summed E-state index contributed by atoms with van der Waals surface area (Å²) < 4.78 is 0. The molecule has 5 aliphatic rings. The van der Waals surface area contributed by atoms with Crippen molar-refractivity contribution in [2.24, 2.45) is 59.2 Å². The fraction of sp³-hybridized carbons (Fsp3) is 1.00. The van der Waals surface area contributed by atoms with Crippen LogP contribution in [0.1, 0.15) is 200 Å². The van der Waals surface area contributed by atoms with E-state index < -0.39 is 0 Å². The third-order valence-electron chi connectivity index (χ3n) is 14.6. The van der Waals surface area contributed by atoms with Crippen LogP contribution < -0.4 is 0 Å². The standard InChI is InChI=1S/C41H74/c1-32-33(2)40(31-34-21-15-14-16-22-34)41(39-26-20-13-9-12-19-25-38(32)39)37-29-27-36(28-30-37)35-23-17-10-7-5-3-4-6-8-11-18-24-35/h32-41H,3-31H2,1-2H3. The van der Waals surface area contributed by atoms with Crippen molar-refractivity contribution in [3.8, 4) is 0 Å². The van der Waals surface area contributed by atoms with Gasteiger partial charge in [0.1, 0.15) is 0 Å². The molecule has 238 valence electrons. The molecule has 0 saturated heterocycles. The normalized spacial score (nSPS) is 40.5. The van der Waals surface area contributed by atoms with Gasteiger partial charge in [-0.1, -0.05) is 155 Å². The Labute approximate surface area is 258 Å². The minimum absolute atomic E-state index is 0.969. The number of fused-ring (bicyclic) bond motifs is 1. The van der Waals surface area contributed by atoms with E-state index in [1.54, 1.807) is 77.0 Å². The van der Waals surface area contributed by atoms with Crippen molar-refractivity contribution in [2.75, 3.05) is 0 Å². The third-order valence-corrected chi connectivity index (χ3v) is 14.6. The van der Waals surface area contributed by atoms with Crippen LogP contribution in [0.25, 0.3) is 0 Å². The van der Waals surface area contributed by atoms with Gasteiger partial charge in [0, 0.05) is 0 Å². The lowest BCUT2D eigenvalue weighted by Gasteiger charge is -2.55. The van der Waals surface area contributed by atoms with Crippen LogP contribution in [-0.2, 0) is 0 Å². The lowest BCUT2D eigenvalue weighted by molar-refractivity contribution is -0.0648. The summed E-state index contributed by atoms with van der Waals surface area (Å²) in [4.78, 5) is 0. The highest BCUT2D eigenvalue weighted by Gasteiger charge is 2.49. The van der Waals surface area contributed by atoms with Crippen molar-refractivity contribution in [2.45, 2.75) is 200 Å². The Morgan fingerprint density at radius 2 is 0.732 bits per heavy atom. The number of rotatable bonds is 4. The third kappa shape index (κ3) is 9.25. The summed E-state index contributed by atoms with van der Waals surface area (Å²) in [5.74, 6) is 10.4. The summed E-state index contributed by atoms with van der Waals surface area (Å²) >= 11 is 0. The second-order valence-corrected chi connectivity index (χ2v) is 16.9. The van der Waals surface area contributed by atoms with E-state index in [1.807, 2.05) is 0 Å². The molecule has 0 heteroatoms. The minimum atomic E-state index is 0.969. The van der Waals surface area contributed by atoms with E-state index >= 15 is 0 Å². The van der Waals surface area contributed by atoms with Gasteiger partial charge in [-0.05, 0) is 104 Å². The molecular formula is C41H74. The van der Waals surface area contributed by atoms with Crippen LogP contribution in [0.4, 0.5) is 0 Å². The van der Waals surface area contributed by atoms with Crippen molar-refractivity contribution >= 4 is 0 Å². The van der Waals surface area contributed by atoms with Crippen LogP contribution in [0.15, 0.2) is 0 Å². The molecule has 0 nitrogen and oxygen atoms in total. The van der Waals surface area contributed by atoms with Gasteiger partial charge in [-0.25, -0.2) is 0 Å². The van der Waals surface area contributed by atoms with Gasteiger partial charge in [0.25, 0.3) is 0 Å². The molecule has 0 heterocycles. The molecule has 0 aliphatic heterocycles. The Bertz CT molecular complexity index is 666. The SMILES string of the molecule is CC1C(C)C(CC2CCCCC2)C(C2CCC(C3CCCCCCCCCCCC3)CC2)C2CCCCCCCC12. The zero-order valence-electron chi connectivity index (χ0n) is 28.3. The maximum Gasteiger partial charge on any atom is -0.0324 e. The molecule has 0 radical (unpaired) electrons. The molecule has 0 amide bonds. The molecule has 0 N–H and O–H groups in total. The summed E-state index contributed by atoms with van der Waals surface area (Å²) in [7, 11) is 0. The second-order valence-electron chi connectivity index (χ2n) is 16.9. The van der Waals surface area contributed by atoms with Crippen molar-refractivity contribution in [3.05, 3.63) is 0 Å². The van der Waals surface area contributed by atoms with E-state index in [9.17, 15) is 0 Å². The molecule has 41 heavy (non-hydrogen) atoms. The lowest BCUT2D eigenvalue weighted by atomic mass is 9.50. The van der Waals surface area contributed by atoms with Crippen LogP contribution in [-0.4, -0.2) is 0 Å². The molecule has 0 aromatic rings. The summed E-state index contributed by atoms with van der Waals surface area (Å²) in [6, 6.07) is 0. The predicted octanol–water partition coefficient (Wildman–Crippen LogP) is 13.6. The summed E-state index contributed by atoms with van der Waals surface area (Å²) in [6.45, 7) is 5.49. The fourth-order valence-corrected chi connectivity index (χ4v) is 12.0. The number of hydrogen-bond acceptors (Lipinski definition) is 0. The molecule has 0 aromatic carbocycles. The van der Waals surface area contributed by atoms with Crippen molar-refractivity contribution in [1.82, 2.24) is 0 Å². The van der Waals surface area contributed by atoms with Gasteiger partial charge in [-0.15, -0.1) is 0 Å². The van der Waals surface area contributed by atoms with Crippen LogP contribution in [0.2, 0.25) is 0 Å². The minimum Gasteiger partial charge on any atom is -0.0620 e. The molecule has 0 spiro atoms. The highest BCUT2D eigenvalue weighted by atomic mass is 14.5. The molecule has 5 fully saturated rings. The smallest absolute Gasteiger partial charge is 0.0324 e. The van der Waals surface area contributed by atoms with E-state index in [4.69, 9.17) is 0 Å². The lowest BCUT2D eigenvalue weighted by Crippen LogP contribution is -2.48. The zero-order valence-corrected chi connectivity index (χ0v) is 28.3. The van der Waals surface area contributed by atoms with Crippen molar-refractivity contribution in [3.63, 3.8) is 0 Å². The zero-order chi connectivity index (χ0) is 28.3. The Kier molecular flexibility index (Phi) is 13.8. The van der Waals surface area contributed by atoms with Crippen LogP contribution in [0.5, 0.6) is 0 Å². The van der Waals surface area contributed by atoms with E-state index in [-0.39, 0.29) is 0 Å². The molecule has 6 atom stereocenters. The molecule has 5 rings (SSSR count). The highest BCUT2D eigenvalue weighted by molar-refractivity contribution is 4.98. The Hall–Kier alpha value is 0. The summed E-state index contributed by atoms with van der Waals surface area (Å²) in [5.41, 5.74) is 0. The monoisotopic (exact) mass is 567 g/mol. The first kappa shape index (κ1) is 32.4.